The Morgan fingerprint density at radius 1 is 0.760 bits per heavy atom. The van der Waals surface area contributed by atoms with Crippen LogP contribution in [0.15, 0.2) is 72.8 Å². The molecule has 0 aliphatic heterocycles. The molecule has 0 bridgehead atoms. The van der Waals surface area contributed by atoms with Crippen molar-refractivity contribution in [1.29, 1.82) is 0 Å². The first kappa shape index (κ1) is 17.1. The fraction of sp³-hybridized carbons (Fsp3) is 0.217. The monoisotopic (exact) mass is 331 g/mol. The van der Waals surface area contributed by atoms with E-state index in [0.29, 0.717) is 6.61 Å². The minimum atomic E-state index is 0.699. The summed E-state index contributed by atoms with van der Waals surface area (Å²) in [6, 6.07) is 25.1. The third-order valence-electron chi connectivity index (χ3n) is 4.51. The van der Waals surface area contributed by atoms with Gasteiger partial charge in [-0.25, -0.2) is 0 Å². The van der Waals surface area contributed by atoms with Crippen LogP contribution in [-0.4, -0.2) is 6.61 Å². The second-order valence-corrected chi connectivity index (χ2v) is 6.33. The van der Waals surface area contributed by atoms with Crippen molar-refractivity contribution in [3.8, 4) is 5.75 Å². The van der Waals surface area contributed by atoms with Crippen LogP contribution in [0.4, 0.5) is 5.69 Å². The highest BCUT2D eigenvalue weighted by atomic mass is 16.5. The van der Waals surface area contributed by atoms with Crippen LogP contribution in [0.1, 0.15) is 22.3 Å². The van der Waals surface area contributed by atoms with Gasteiger partial charge in [-0.1, -0.05) is 54.6 Å². The van der Waals surface area contributed by atoms with Gasteiger partial charge in [-0.15, -0.1) is 0 Å². The van der Waals surface area contributed by atoms with Gasteiger partial charge in [0.2, 0.25) is 0 Å². The molecule has 0 unspecified atom stereocenters. The van der Waals surface area contributed by atoms with Crippen LogP contribution >= 0.6 is 0 Å². The summed E-state index contributed by atoms with van der Waals surface area (Å²) in [7, 11) is 0. The molecular formula is C23H25NO. The summed E-state index contributed by atoms with van der Waals surface area (Å²) in [6.07, 6.45) is 0.927. The second kappa shape index (κ2) is 8.39. The zero-order valence-electron chi connectivity index (χ0n) is 15.0. The van der Waals surface area contributed by atoms with Crippen molar-refractivity contribution in [2.45, 2.75) is 26.8 Å². The molecule has 25 heavy (non-hydrogen) atoms. The van der Waals surface area contributed by atoms with Gasteiger partial charge in [0.05, 0.1) is 6.61 Å². The van der Waals surface area contributed by atoms with Crippen LogP contribution in [0, 0.1) is 13.8 Å². The average Bonchev–Trinajstić information content (AvgIpc) is 2.65. The summed E-state index contributed by atoms with van der Waals surface area (Å²) in [5.41, 5.74) is 6.37. The summed E-state index contributed by atoms with van der Waals surface area (Å²) < 4.78 is 5.84. The lowest BCUT2D eigenvalue weighted by atomic mass is 10.1. The van der Waals surface area contributed by atoms with Gasteiger partial charge in [0.25, 0.3) is 0 Å². The molecule has 128 valence electrons. The first-order chi connectivity index (χ1) is 12.2. The molecule has 1 N–H and O–H groups in total. The van der Waals surface area contributed by atoms with E-state index in [-0.39, 0.29) is 0 Å². The number of nitrogens with one attached hydrogen (secondary N) is 1. The highest BCUT2D eigenvalue weighted by molar-refractivity contribution is 5.54. The summed E-state index contributed by atoms with van der Waals surface area (Å²) in [5.74, 6) is 0.923. The molecule has 2 nitrogen and oxygen atoms in total. The molecule has 0 amide bonds. The molecule has 0 aromatic heterocycles. The minimum Gasteiger partial charge on any atom is -0.493 e. The molecule has 0 heterocycles. The number of aryl methyl sites for hydroxylation is 1. The van der Waals surface area contributed by atoms with Crippen LogP contribution in [-0.2, 0) is 13.0 Å². The number of benzene rings is 3. The van der Waals surface area contributed by atoms with Crippen LogP contribution in [0.25, 0.3) is 0 Å². The van der Waals surface area contributed by atoms with Crippen molar-refractivity contribution in [1.82, 2.24) is 0 Å². The van der Waals surface area contributed by atoms with E-state index in [1.54, 1.807) is 0 Å². The summed E-state index contributed by atoms with van der Waals surface area (Å²) in [6.45, 7) is 5.81. The highest BCUT2D eigenvalue weighted by Gasteiger charge is 2.01. The molecule has 3 aromatic carbocycles. The Labute approximate surface area is 150 Å². The van der Waals surface area contributed by atoms with Gasteiger partial charge in [0.1, 0.15) is 5.75 Å². The summed E-state index contributed by atoms with van der Waals surface area (Å²) in [4.78, 5) is 0. The van der Waals surface area contributed by atoms with Gasteiger partial charge in [-0.3, -0.25) is 0 Å². The highest BCUT2D eigenvalue weighted by Crippen LogP contribution is 2.19. The molecule has 0 radical (unpaired) electrons. The van der Waals surface area contributed by atoms with Gasteiger partial charge in [-0.2, -0.15) is 0 Å². The van der Waals surface area contributed by atoms with Gasteiger partial charge in [0.15, 0.2) is 0 Å². The number of rotatable bonds is 7. The van der Waals surface area contributed by atoms with E-state index in [1.165, 1.54) is 27.9 Å². The first-order valence-corrected chi connectivity index (χ1v) is 8.78. The van der Waals surface area contributed by atoms with Crippen LogP contribution in [0.3, 0.4) is 0 Å². The minimum absolute atomic E-state index is 0.699. The standard InChI is InChI=1S/C23H25NO/c1-18-7-6-10-23(19(18)2)24-17-21-11-13-22(14-12-21)25-16-15-20-8-4-3-5-9-20/h3-14,24H,15-17H2,1-2H3. The first-order valence-electron chi connectivity index (χ1n) is 8.78. The van der Waals surface area contributed by atoms with Crippen molar-refractivity contribution in [2.24, 2.45) is 0 Å². The van der Waals surface area contributed by atoms with Crippen LogP contribution in [0.5, 0.6) is 5.75 Å². The van der Waals surface area contributed by atoms with E-state index in [0.717, 1.165) is 18.7 Å². The molecule has 0 saturated carbocycles. The molecule has 3 rings (SSSR count). The van der Waals surface area contributed by atoms with E-state index < -0.39 is 0 Å². The van der Waals surface area contributed by atoms with E-state index in [1.807, 2.05) is 18.2 Å². The molecule has 3 aromatic rings. The van der Waals surface area contributed by atoms with Crippen molar-refractivity contribution < 1.29 is 4.74 Å². The van der Waals surface area contributed by atoms with Gasteiger partial charge >= 0.3 is 0 Å². The molecule has 0 saturated heterocycles. The lowest BCUT2D eigenvalue weighted by Crippen LogP contribution is -2.03. The Hall–Kier alpha value is -2.74. The average molecular weight is 331 g/mol. The van der Waals surface area contributed by atoms with Crippen LogP contribution < -0.4 is 10.1 Å². The van der Waals surface area contributed by atoms with E-state index in [9.17, 15) is 0 Å². The zero-order chi connectivity index (χ0) is 17.5. The predicted molar refractivity (Wildman–Crippen MR) is 105 cm³/mol. The molecule has 0 atom stereocenters. The summed E-state index contributed by atoms with van der Waals surface area (Å²) in [5, 5.41) is 3.51. The Morgan fingerprint density at radius 2 is 1.52 bits per heavy atom. The van der Waals surface area contributed by atoms with Crippen molar-refractivity contribution in [3.05, 3.63) is 95.1 Å². The van der Waals surface area contributed by atoms with Crippen LogP contribution in [0.2, 0.25) is 0 Å². The lowest BCUT2D eigenvalue weighted by molar-refractivity contribution is 0.322. The summed E-state index contributed by atoms with van der Waals surface area (Å²) >= 11 is 0. The SMILES string of the molecule is Cc1cccc(NCc2ccc(OCCc3ccccc3)cc2)c1C. The molecule has 2 heteroatoms. The predicted octanol–water partition coefficient (Wildman–Crippen LogP) is 5.54. The lowest BCUT2D eigenvalue weighted by Gasteiger charge is -2.12. The number of anilines is 1. The quantitative estimate of drug-likeness (QED) is 0.614. The molecule has 0 aliphatic rings. The molecule has 0 spiro atoms. The maximum absolute atomic E-state index is 5.84. The Bertz CT molecular complexity index is 794. The van der Waals surface area contributed by atoms with E-state index in [2.05, 4.69) is 73.8 Å². The van der Waals surface area contributed by atoms with E-state index >= 15 is 0 Å². The Kier molecular flexibility index (Phi) is 5.73. The fourth-order valence-electron chi connectivity index (χ4n) is 2.77. The fourth-order valence-corrected chi connectivity index (χ4v) is 2.77. The second-order valence-electron chi connectivity index (χ2n) is 6.33. The Balaban J connectivity index is 1.49. The number of ether oxygens (including phenoxy) is 1. The normalized spacial score (nSPS) is 10.5. The third-order valence-corrected chi connectivity index (χ3v) is 4.51. The largest absolute Gasteiger partial charge is 0.493 e. The van der Waals surface area contributed by atoms with E-state index in [4.69, 9.17) is 4.74 Å². The Morgan fingerprint density at radius 3 is 2.28 bits per heavy atom. The number of hydrogen-bond donors (Lipinski definition) is 1. The molecule has 0 fully saturated rings. The topological polar surface area (TPSA) is 21.3 Å². The van der Waals surface area contributed by atoms with Gasteiger partial charge < -0.3 is 10.1 Å². The number of hydrogen-bond acceptors (Lipinski definition) is 2. The van der Waals surface area contributed by atoms with Gasteiger partial charge in [0, 0.05) is 18.7 Å². The van der Waals surface area contributed by atoms with Crippen molar-refractivity contribution >= 4 is 5.69 Å². The molecule has 0 aliphatic carbocycles. The van der Waals surface area contributed by atoms with Crippen molar-refractivity contribution in [3.63, 3.8) is 0 Å². The van der Waals surface area contributed by atoms with Gasteiger partial charge in [-0.05, 0) is 54.3 Å². The third kappa shape index (κ3) is 4.87. The van der Waals surface area contributed by atoms with Crippen molar-refractivity contribution in [2.75, 3.05) is 11.9 Å². The molecular weight excluding hydrogens is 306 g/mol. The zero-order valence-corrected chi connectivity index (χ0v) is 15.0. The maximum Gasteiger partial charge on any atom is 0.119 e. The maximum atomic E-state index is 5.84. The smallest absolute Gasteiger partial charge is 0.119 e.